The Balaban J connectivity index is 1.64. The van der Waals surface area contributed by atoms with Gasteiger partial charge in [0, 0.05) is 16.5 Å². The molecule has 2 aromatic rings. The molecule has 5 N–H and O–H groups in total. The second-order valence-corrected chi connectivity index (χ2v) is 7.47. The molecule has 26 heavy (non-hydrogen) atoms. The van der Waals surface area contributed by atoms with Crippen LogP contribution < -0.4 is 16.4 Å². The van der Waals surface area contributed by atoms with Crippen LogP contribution in [0.5, 0.6) is 0 Å². The molecule has 0 saturated carbocycles. The van der Waals surface area contributed by atoms with Crippen LogP contribution in [0, 0.1) is 11.6 Å². The van der Waals surface area contributed by atoms with Crippen molar-refractivity contribution in [3.05, 3.63) is 51.4 Å². The van der Waals surface area contributed by atoms with Crippen LogP contribution in [-0.4, -0.2) is 18.4 Å². The van der Waals surface area contributed by atoms with Gasteiger partial charge in [0.05, 0.1) is 5.56 Å². The normalized spacial score (nSPS) is 14.1. The summed E-state index contributed by atoms with van der Waals surface area (Å²) in [5, 5.41) is 4.88. The van der Waals surface area contributed by atoms with Crippen molar-refractivity contribution in [2.75, 3.05) is 11.9 Å². The monoisotopic (exact) mass is 380 g/mol. The van der Waals surface area contributed by atoms with E-state index in [1.807, 2.05) is 0 Å². The largest absolute Gasteiger partial charge is 0.365 e. The third kappa shape index (κ3) is 3.76. The standard InChI is InChI=1S/C18H19F2N3O2S/c1-9(11-6-5-10(19)7-13(11)20)22-8-15(24)23-18-16(17(21)25)12-3-2-4-14(12)26-18/h5-7,9,22H,2-4,8H2,1H3,(H2,21,25)(H,23,24)/p+1/t9-/m0/s1. The fourth-order valence-corrected chi connectivity index (χ4v) is 4.52. The molecule has 1 aliphatic carbocycles. The fourth-order valence-electron chi connectivity index (χ4n) is 3.21. The van der Waals surface area contributed by atoms with Crippen molar-refractivity contribution >= 4 is 28.2 Å². The summed E-state index contributed by atoms with van der Waals surface area (Å²) in [6.45, 7) is 1.77. The van der Waals surface area contributed by atoms with Crippen LogP contribution in [0.2, 0.25) is 0 Å². The van der Waals surface area contributed by atoms with Crippen molar-refractivity contribution < 1.29 is 23.7 Å². The first-order chi connectivity index (χ1) is 12.4. The van der Waals surface area contributed by atoms with Gasteiger partial charge in [-0.1, -0.05) is 0 Å². The van der Waals surface area contributed by atoms with Gasteiger partial charge in [-0.25, -0.2) is 8.78 Å². The third-order valence-electron chi connectivity index (χ3n) is 4.53. The van der Waals surface area contributed by atoms with E-state index in [-0.39, 0.29) is 18.5 Å². The zero-order valence-electron chi connectivity index (χ0n) is 14.3. The highest BCUT2D eigenvalue weighted by atomic mass is 32.1. The number of carbonyl (C=O) groups is 2. The Kier molecular flexibility index (Phi) is 5.33. The van der Waals surface area contributed by atoms with Gasteiger partial charge in [0.2, 0.25) is 0 Å². The second-order valence-electron chi connectivity index (χ2n) is 6.37. The SMILES string of the molecule is C[C@H]([NH2+]CC(=O)Nc1sc2c(c1C(N)=O)CCC2)c1ccc(F)cc1F. The molecule has 0 spiro atoms. The number of fused-ring (bicyclic) bond motifs is 1. The zero-order valence-corrected chi connectivity index (χ0v) is 15.1. The number of rotatable bonds is 6. The second kappa shape index (κ2) is 7.51. The molecule has 5 nitrogen and oxygen atoms in total. The van der Waals surface area contributed by atoms with Gasteiger partial charge in [-0.2, -0.15) is 0 Å². The number of carbonyl (C=O) groups excluding carboxylic acids is 2. The minimum absolute atomic E-state index is 0.0404. The summed E-state index contributed by atoms with van der Waals surface area (Å²) in [6.07, 6.45) is 2.68. The Labute approximate surface area is 153 Å². The summed E-state index contributed by atoms with van der Waals surface area (Å²) >= 11 is 1.39. The van der Waals surface area contributed by atoms with E-state index in [9.17, 15) is 18.4 Å². The maximum atomic E-state index is 13.8. The maximum absolute atomic E-state index is 13.8. The number of anilines is 1. The molecule has 1 aliphatic rings. The quantitative estimate of drug-likeness (QED) is 0.714. The molecule has 138 valence electrons. The zero-order chi connectivity index (χ0) is 18.8. The van der Waals surface area contributed by atoms with E-state index in [2.05, 4.69) is 5.32 Å². The molecule has 3 rings (SSSR count). The highest BCUT2D eigenvalue weighted by Gasteiger charge is 2.26. The summed E-state index contributed by atoms with van der Waals surface area (Å²) in [4.78, 5) is 25.1. The lowest BCUT2D eigenvalue weighted by Crippen LogP contribution is -2.86. The van der Waals surface area contributed by atoms with Crippen molar-refractivity contribution in [2.24, 2.45) is 5.73 Å². The molecule has 1 atom stereocenters. The van der Waals surface area contributed by atoms with Gasteiger partial charge >= 0.3 is 0 Å². The molecule has 1 heterocycles. The van der Waals surface area contributed by atoms with Gasteiger partial charge in [0.25, 0.3) is 11.8 Å². The molecule has 0 saturated heterocycles. The van der Waals surface area contributed by atoms with E-state index in [0.29, 0.717) is 16.1 Å². The average molecular weight is 380 g/mol. The van der Waals surface area contributed by atoms with Crippen LogP contribution in [0.3, 0.4) is 0 Å². The molecule has 8 heteroatoms. The highest BCUT2D eigenvalue weighted by molar-refractivity contribution is 7.17. The number of aryl methyl sites for hydroxylation is 1. The lowest BCUT2D eigenvalue weighted by molar-refractivity contribution is -0.682. The number of nitrogens with two attached hydrogens (primary N) is 2. The Hall–Kier alpha value is -2.32. The van der Waals surface area contributed by atoms with Crippen molar-refractivity contribution in [2.45, 2.75) is 32.2 Å². The Morgan fingerprint density at radius 3 is 2.81 bits per heavy atom. The van der Waals surface area contributed by atoms with E-state index in [4.69, 9.17) is 5.73 Å². The molecule has 0 radical (unpaired) electrons. The van der Waals surface area contributed by atoms with Crippen LogP contribution in [-0.2, 0) is 17.6 Å². The average Bonchev–Trinajstić information content (AvgIpc) is 3.12. The van der Waals surface area contributed by atoms with Crippen molar-refractivity contribution in [3.63, 3.8) is 0 Å². The first-order valence-corrected chi connectivity index (χ1v) is 9.21. The molecule has 0 aliphatic heterocycles. The van der Waals surface area contributed by atoms with Crippen molar-refractivity contribution in [1.29, 1.82) is 0 Å². The molecule has 1 aromatic heterocycles. The first kappa shape index (κ1) is 18.5. The first-order valence-electron chi connectivity index (χ1n) is 8.39. The molecular weight excluding hydrogens is 360 g/mol. The van der Waals surface area contributed by atoms with Gasteiger partial charge in [-0.15, -0.1) is 11.3 Å². The maximum Gasteiger partial charge on any atom is 0.280 e. The number of amides is 2. The van der Waals surface area contributed by atoms with E-state index < -0.39 is 17.5 Å². The van der Waals surface area contributed by atoms with Crippen LogP contribution in [0.25, 0.3) is 0 Å². The Morgan fingerprint density at radius 2 is 2.12 bits per heavy atom. The molecule has 0 unspecified atom stereocenters. The summed E-state index contributed by atoms with van der Waals surface area (Å²) in [5.74, 6) is -2.12. The van der Waals surface area contributed by atoms with Crippen LogP contribution >= 0.6 is 11.3 Å². The predicted molar refractivity (Wildman–Crippen MR) is 95.1 cm³/mol. The lowest BCUT2D eigenvalue weighted by Gasteiger charge is -2.12. The van der Waals surface area contributed by atoms with Gasteiger partial charge in [-0.05, 0) is 43.9 Å². The smallest absolute Gasteiger partial charge is 0.280 e. The van der Waals surface area contributed by atoms with Gasteiger partial charge in [0.15, 0.2) is 6.54 Å². The Morgan fingerprint density at radius 1 is 1.35 bits per heavy atom. The molecule has 0 fully saturated rings. The summed E-state index contributed by atoms with van der Waals surface area (Å²) in [6, 6.07) is 3.03. The minimum Gasteiger partial charge on any atom is -0.365 e. The number of hydrogen-bond donors (Lipinski definition) is 3. The molecule has 1 aromatic carbocycles. The number of primary amides is 1. The van der Waals surface area contributed by atoms with Crippen LogP contribution in [0.4, 0.5) is 13.8 Å². The number of quaternary nitrogens is 1. The van der Waals surface area contributed by atoms with Crippen LogP contribution in [0.15, 0.2) is 18.2 Å². The van der Waals surface area contributed by atoms with Gasteiger partial charge < -0.3 is 16.4 Å². The Bertz CT molecular complexity index is 866. The summed E-state index contributed by atoms with van der Waals surface area (Å²) in [5.41, 5.74) is 7.16. The topological polar surface area (TPSA) is 88.8 Å². The minimum atomic E-state index is -0.639. The molecule has 0 bridgehead atoms. The number of halogens is 2. The molecule has 2 amide bonds. The fraction of sp³-hybridized carbons (Fsp3) is 0.333. The highest BCUT2D eigenvalue weighted by Crippen LogP contribution is 2.38. The van der Waals surface area contributed by atoms with E-state index in [1.165, 1.54) is 23.5 Å². The van der Waals surface area contributed by atoms with E-state index in [0.717, 1.165) is 35.8 Å². The van der Waals surface area contributed by atoms with E-state index in [1.54, 1.807) is 12.2 Å². The van der Waals surface area contributed by atoms with Gasteiger partial charge in [-0.3, -0.25) is 9.59 Å². The van der Waals surface area contributed by atoms with E-state index >= 15 is 0 Å². The summed E-state index contributed by atoms with van der Waals surface area (Å²) < 4.78 is 26.8. The van der Waals surface area contributed by atoms with Crippen LogP contribution in [0.1, 0.15) is 45.7 Å². The molecular formula is C18H20F2N3O2S+. The number of benzene rings is 1. The summed E-state index contributed by atoms with van der Waals surface area (Å²) in [7, 11) is 0. The lowest BCUT2D eigenvalue weighted by atomic mass is 10.1. The number of nitrogens with one attached hydrogen (secondary N) is 1. The van der Waals surface area contributed by atoms with Crippen molar-refractivity contribution in [1.82, 2.24) is 0 Å². The third-order valence-corrected chi connectivity index (χ3v) is 5.74. The number of thiophene rings is 1. The van der Waals surface area contributed by atoms with Crippen molar-refractivity contribution in [3.8, 4) is 0 Å². The predicted octanol–water partition coefficient (Wildman–Crippen LogP) is 1.88. The van der Waals surface area contributed by atoms with Gasteiger partial charge in [0.1, 0.15) is 22.7 Å². The number of hydrogen-bond acceptors (Lipinski definition) is 3.